The second-order valence-electron chi connectivity index (χ2n) is 2.82. The number of carbonyl (C=O) groups is 1. The fourth-order valence-corrected chi connectivity index (χ4v) is 1.02. The van der Waals surface area contributed by atoms with Gasteiger partial charge in [-0.1, -0.05) is 12.1 Å². The molecule has 1 rings (SSSR count). The van der Waals surface area contributed by atoms with Gasteiger partial charge in [0.05, 0.1) is 6.61 Å². The summed E-state index contributed by atoms with van der Waals surface area (Å²) in [6, 6.07) is 7.08. The van der Waals surface area contributed by atoms with Gasteiger partial charge in [0.15, 0.2) is 0 Å². The van der Waals surface area contributed by atoms with Gasteiger partial charge < -0.3 is 10.6 Å². The van der Waals surface area contributed by atoms with E-state index >= 15 is 0 Å². The quantitative estimate of drug-likeness (QED) is 0.539. The van der Waals surface area contributed by atoms with Crippen molar-refractivity contribution in [3.63, 3.8) is 0 Å². The largest absolute Gasteiger partial charge is 0.366 e. The zero-order valence-electron chi connectivity index (χ0n) is 8.12. The summed E-state index contributed by atoms with van der Waals surface area (Å²) in [5.74, 6) is -0.408. The van der Waals surface area contributed by atoms with E-state index in [0.29, 0.717) is 18.7 Å². The monoisotopic (exact) mass is 194 g/mol. The third-order valence-electron chi connectivity index (χ3n) is 1.76. The number of primary amides is 1. The number of hydrogen-bond acceptors (Lipinski definition) is 3. The molecule has 1 amide bonds. The molecule has 0 saturated heterocycles. The van der Waals surface area contributed by atoms with E-state index in [0.717, 1.165) is 5.56 Å². The van der Waals surface area contributed by atoms with Gasteiger partial charge in [0, 0.05) is 12.1 Å². The van der Waals surface area contributed by atoms with Crippen LogP contribution in [0.4, 0.5) is 0 Å². The zero-order valence-corrected chi connectivity index (χ0v) is 8.12. The van der Waals surface area contributed by atoms with E-state index in [1.807, 2.05) is 19.1 Å². The first-order valence-electron chi connectivity index (χ1n) is 4.47. The van der Waals surface area contributed by atoms with Crippen LogP contribution in [0.15, 0.2) is 24.3 Å². The van der Waals surface area contributed by atoms with Gasteiger partial charge in [-0.3, -0.25) is 4.79 Å². The highest BCUT2D eigenvalue weighted by Crippen LogP contribution is 2.03. The SMILES string of the molecule is CCONCc1ccc(C(N)=O)cc1. The van der Waals surface area contributed by atoms with Crippen molar-refractivity contribution in [3.8, 4) is 0 Å². The predicted molar refractivity (Wildman–Crippen MR) is 53.4 cm³/mol. The number of nitrogens with one attached hydrogen (secondary N) is 1. The topological polar surface area (TPSA) is 64.3 Å². The molecule has 0 atom stereocenters. The van der Waals surface area contributed by atoms with Crippen LogP contribution in [0.25, 0.3) is 0 Å². The fraction of sp³-hybridized carbons (Fsp3) is 0.300. The Morgan fingerprint density at radius 3 is 2.57 bits per heavy atom. The van der Waals surface area contributed by atoms with Crippen molar-refractivity contribution in [3.05, 3.63) is 35.4 Å². The minimum atomic E-state index is -0.408. The number of hydroxylamine groups is 1. The molecule has 14 heavy (non-hydrogen) atoms. The van der Waals surface area contributed by atoms with Crippen molar-refractivity contribution in [1.82, 2.24) is 5.48 Å². The molecule has 0 unspecified atom stereocenters. The maximum atomic E-state index is 10.8. The van der Waals surface area contributed by atoms with Crippen molar-refractivity contribution in [2.75, 3.05) is 6.61 Å². The van der Waals surface area contributed by atoms with Gasteiger partial charge in [-0.05, 0) is 24.6 Å². The second-order valence-corrected chi connectivity index (χ2v) is 2.82. The standard InChI is InChI=1S/C10H14N2O2/c1-2-14-12-7-8-3-5-9(6-4-8)10(11)13/h3-6,12H,2,7H2,1H3,(H2,11,13). The molecule has 76 valence electrons. The zero-order chi connectivity index (χ0) is 10.4. The lowest BCUT2D eigenvalue weighted by atomic mass is 10.1. The summed E-state index contributed by atoms with van der Waals surface area (Å²) >= 11 is 0. The molecule has 1 aromatic rings. The van der Waals surface area contributed by atoms with Crippen LogP contribution in [-0.4, -0.2) is 12.5 Å². The van der Waals surface area contributed by atoms with Crippen LogP contribution in [0, 0.1) is 0 Å². The van der Waals surface area contributed by atoms with Crippen molar-refractivity contribution >= 4 is 5.91 Å². The molecule has 0 radical (unpaired) electrons. The molecule has 0 spiro atoms. The molecule has 0 fully saturated rings. The molecule has 0 aromatic heterocycles. The number of rotatable bonds is 5. The van der Waals surface area contributed by atoms with Gasteiger partial charge in [-0.2, -0.15) is 5.48 Å². The average molecular weight is 194 g/mol. The molecule has 4 heteroatoms. The van der Waals surface area contributed by atoms with E-state index in [4.69, 9.17) is 10.6 Å². The van der Waals surface area contributed by atoms with Crippen molar-refractivity contribution < 1.29 is 9.63 Å². The lowest BCUT2D eigenvalue weighted by Gasteiger charge is -2.03. The molecular weight excluding hydrogens is 180 g/mol. The van der Waals surface area contributed by atoms with Gasteiger partial charge in [-0.25, -0.2) is 0 Å². The Bertz CT molecular complexity index is 295. The lowest BCUT2D eigenvalue weighted by molar-refractivity contribution is 0.0463. The van der Waals surface area contributed by atoms with E-state index < -0.39 is 5.91 Å². The Morgan fingerprint density at radius 2 is 2.07 bits per heavy atom. The second kappa shape index (κ2) is 5.36. The first-order chi connectivity index (χ1) is 6.74. The van der Waals surface area contributed by atoms with E-state index in [-0.39, 0.29) is 0 Å². The molecule has 0 bridgehead atoms. The molecule has 4 nitrogen and oxygen atoms in total. The minimum absolute atomic E-state index is 0.408. The Labute approximate surface area is 83.0 Å². The Hall–Kier alpha value is -1.39. The van der Waals surface area contributed by atoms with Crippen LogP contribution in [0.1, 0.15) is 22.8 Å². The Morgan fingerprint density at radius 1 is 1.43 bits per heavy atom. The highest BCUT2D eigenvalue weighted by atomic mass is 16.6. The van der Waals surface area contributed by atoms with Crippen LogP contribution in [-0.2, 0) is 11.4 Å². The molecular formula is C10H14N2O2. The van der Waals surface area contributed by atoms with Crippen molar-refractivity contribution in [1.29, 1.82) is 0 Å². The summed E-state index contributed by atoms with van der Waals surface area (Å²) in [6.45, 7) is 3.15. The van der Waals surface area contributed by atoms with Crippen LogP contribution in [0.3, 0.4) is 0 Å². The number of nitrogens with two attached hydrogens (primary N) is 1. The van der Waals surface area contributed by atoms with Crippen molar-refractivity contribution in [2.45, 2.75) is 13.5 Å². The third kappa shape index (κ3) is 3.16. The molecule has 0 aliphatic carbocycles. The molecule has 0 aliphatic rings. The number of carbonyl (C=O) groups excluding carboxylic acids is 1. The maximum absolute atomic E-state index is 10.8. The van der Waals surface area contributed by atoms with Crippen LogP contribution < -0.4 is 11.2 Å². The normalized spacial score (nSPS) is 10.1. The Balaban J connectivity index is 2.51. The lowest BCUT2D eigenvalue weighted by Crippen LogP contribution is -2.14. The first-order valence-corrected chi connectivity index (χ1v) is 4.47. The minimum Gasteiger partial charge on any atom is -0.366 e. The van der Waals surface area contributed by atoms with Gasteiger partial charge in [0.1, 0.15) is 0 Å². The summed E-state index contributed by atoms with van der Waals surface area (Å²) in [4.78, 5) is 15.7. The highest BCUT2D eigenvalue weighted by molar-refractivity contribution is 5.92. The summed E-state index contributed by atoms with van der Waals surface area (Å²) in [5.41, 5.74) is 9.45. The summed E-state index contributed by atoms with van der Waals surface area (Å²) in [5, 5.41) is 0. The average Bonchev–Trinajstić information content (AvgIpc) is 2.19. The highest BCUT2D eigenvalue weighted by Gasteiger charge is 1.98. The maximum Gasteiger partial charge on any atom is 0.248 e. The van der Waals surface area contributed by atoms with Crippen LogP contribution in [0.2, 0.25) is 0 Å². The van der Waals surface area contributed by atoms with E-state index in [2.05, 4.69) is 5.48 Å². The Kier molecular flexibility index (Phi) is 4.10. The van der Waals surface area contributed by atoms with E-state index in [1.165, 1.54) is 0 Å². The number of amides is 1. The molecule has 0 heterocycles. The number of benzene rings is 1. The molecule has 3 N–H and O–H groups in total. The fourth-order valence-electron chi connectivity index (χ4n) is 1.02. The summed E-state index contributed by atoms with van der Waals surface area (Å²) < 4.78 is 0. The van der Waals surface area contributed by atoms with Crippen molar-refractivity contribution in [2.24, 2.45) is 5.73 Å². The van der Waals surface area contributed by atoms with Crippen LogP contribution in [0.5, 0.6) is 0 Å². The number of hydrogen-bond donors (Lipinski definition) is 2. The summed E-state index contributed by atoms with van der Waals surface area (Å²) in [7, 11) is 0. The van der Waals surface area contributed by atoms with Gasteiger partial charge in [0.25, 0.3) is 0 Å². The molecule has 0 aliphatic heterocycles. The predicted octanol–water partition coefficient (Wildman–Crippen LogP) is 0.827. The summed E-state index contributed by atoms with van der Waals surface area (Å²) in [6.07, 6.45) is 0. The van der Waals surface area contributed by atoms with Gasteiger partial charge >= 0.3 is 0 Å². The van der Waals surface area contributed by atoms with E-state index in [9.17, 15) is 4.79 Å². The molecule has 0 saturated carbocycles. The molecule has 1 aromatic carbocycles. The van der Waals surface area contributed by atoms with Gasteiger partial charge in [-0.15, -0.1) is 0 Å². The third-order valence-corrected chi connectivity index (χ3v) is 1.76. The smallest absolute Gasteiger partial charge is 0.248 e. The van der Waals surface area contributed by atoms with Crippen LogP contribution >= 0.6 is 0 Å². The van der Waals surface area contributed by atoms with E-state index in [1.54, 1.807) is 12.1 Å². The first kappa shape index (κ1) is 10.7. The van der Waals surface area contributed by atoms with Gasteiger partial charge in [0.2, 0.25) is 5.91 Å².